The number of rotatable bonds is 4. The second-order valence-electron chi connectivity index (χ2n) is 7.75. The van der Waals surface area contributed by atoms with Crippen LogP contribution in [-0.2, 0) is 0 Å². The molecule has 1 N–H and O–H groups in total. The van der Waals surface area contributed by atoms with Crippen LogP contribution in [0.25, 0.3) is 11.0 Å². The first-order valence-corrected chi connectivity index (χ1v) is 9.98. The van der Waals surface area contributed by atoms with Gasteiger partial charge in [-0.25, -0.2) is 0 Å². The third-order valence-electron chi connectivity index (χ3n) is 5.97. The first-order valence-electron chi connectivity index (χ1n) is 9.98. The van der Waals surface area contributed by atoms with E-state index in [4.69, 9.17) is 4.42 Å². The summed E-state index contributed by atoms with van der Waals surface area (Å²) < 4.78 is 5.92. The molecule has 1 aliphatic heterocycles. The van der Waals surface area contributed by atoms with Gasteiger partial charge in [0.15, 0.2) is 5.76 Å². The Labute approximate surface area is 165 Å². The SMILES string of the molecule is Cc1c(C(=O)NC2CCN(C(C)c3ccncc3)CC2)oc2c(C)cccc12. The number of amides is 1. The van der Waals surface area contributed by atoms with Crippen LogP contribution in [-0.4, -0.2) is 34.9 Å². The fourth-order valence-corrected chi connectivity index (χ4v) is 4.14. The molecule has 0 radical (unpaired) electrons. The van der Waals surface area contributed by atoms with Crippen molar-refractivity contribution in [3.05, 3.63) is 65.2 Å². The average molecular weight is 377 g/mol. The van der Waals surface area contributed by atoms with Crippen LogP contribution in [0.1, 0.15) is 53.1 Å². The summed E-state index contributed by atoms with van der Waals surface area (Å²) in [6.45, 7) is 8.12. The standard InChI is InChI=1S/C23H27N3O2/c1-15-5-4-6-20-16(2)22(28-21(15)20)23(27)25-19-9-13-26(14-10-19)17(3)18-7-11-24-12-8-18/h4-8,11-12,17,19H,9-10,13-14H2,1-3H3,(H,25,27). The highest BCUT2D eigenvalue weighted by molar-refractivity contribution is 5.99. The van der Waals surface area contributed by atoms with Crippen molar-refractivity contribution >= 4 is 16.9 Å². The quantitative estimate of drug-likeness (QED) is 0.732. The van der Waals surface area contributed by atoms with Gasteiger partial charge < -0.3 is 9.73 Å². The number of carbonyl (C=O) groups is 1. The minimum atomic E-state index is -0.103. The fourth-order valence-electron chi connectivity index (χ4n) is 4.14. The summed E-state index contributed by atoms with van der Waals surface area (Å²) in [4.78, 5) is 19.4. The van der Waals surface area contributed by atoms with Crippen LogP contribution in [0.2, 0.25) is 0 Å². The van der Waals surface area contributed by atoms with Gasteiger partial charge in [-0.1, -0.05) is 18.2 Å². The number of nitrogens with one attached hydrogen (secondary N) is 1. The Balaban J connectivity index is 1.39. The molecule has 3 aromatic rings. The molecule has 1 aromatic carbocycles. The summed E-state index contributed by atoms with van der Waals surface area (Å²) in [5, 5.41) is 4.21. The van der Waals surface area contributed by atoms with E-state index in [-0.39, 0.29) is 11.9 Å². The summed E-state index contributed by atoms with van der Waals surface area (Å²) in [6, 6.07) is 10.7. The lowest BCUT2D eigenvalue weighted by Crippen LogP contribution is -2.45. The lowest BCUT2D eigenvalue weighted by Gasteiger charge is -2.36. The number of hydrogen-bond donors (Lipinski definition) is 1. The van der Waals surface area contributed by atoms with Crippen LogP contribution >= 0.6 is 0 Å². The first kappa shape index (κ1) is 18.7. The summed E-state index contributed by atoms with van der Waals surface area (Å²) >= 11 is 0. The van der Waals surface area contributed by atoms with E-state index in [1.54, 1.807) is 0 Å². The van der Waals surface area contributed by atoms with Crippen molar-refractivity contribution in [3.8, 4) is 0 Å². The fraction of sp³-hybridized carbons (Fsp3) is 0.391. The average Bonchev–Trinajstić information content (AvgIpc) is 3.07. The van der Waals surface area contributed by atoms with Crippen molar-refractivity contribution in [2.45, 2.75) is 45.7 Å². The largest absolute Gasteiger partial charge is 0.450 e. The van der Waals surface area contributed by atoms with Gasteiger partial charge in [0, 0.05) is 48.5 Å². The molecular weight excluding hydrogens is 350 g/mol. The number of nitrogens with zero attached hydrogens (tertiary/aromatic N) is 2. The van der Waals surface area contributed by atoms with Crippen molar-refractivity contribution in [2.75, 3.05) is 13.1 Å². The normalized spacial score (nSPS) is 17.0. The number of fused-ring (bicyclic) bond motifs is 1. The van der Waals surface area contributed by atoms with Gasteiger partial charge in [0.1, 0.15) is 5.58 Å². The van der Waals surface area contributed by atoms with Crippen molar-refractivity contribution in [3.63, 3.8) is 0 Å². The summed E-state index contributed by atoms with van der Waals surface area (Å²) in [5.41, 5.74) is 4.06. The van der Waals surface area contributed by atoms with Crippen LogP contribution in [0.4, 0.5) is 0 Å². The number of benzene rings is 1. The lowest BCUT2D eigenvalue weighted by molar-refractivity contribution is 0.0870. The van der Waals surface area contributed by atoms with Crippen molar-refractivity contribution in [1.82, 2.24) is 15.2 Å². The molecule has 0 aliphatic carbocycles. The topological polar surface area (TPSA) is 58.4 Å². The van der Waals surface area contributed by atoms with Crippen molar-refractivity contribution < 1.29 is 9.21 Å². The molecule has 0 spiro atoms. The summed E-state index contributed by atoms with van der Waals surface area (Å²) in [5.74, 6) is 0.339. The molecule has 5 nitrogen and oxygen atoms in total. The molecule has 5 heteroatoms. The smallest absolute Gasteiger partial charge is 0.287 e. The molecule has 1 aliphatic rings. The third-order valence-corrected chi connectivity index (χ3v) is 5.97. The van der Waals surface area contributed by atoms with Gasteiger partial charge in [-0.05, 0) is 56.9 Å². The number of para-hydroxylation sites is 1. The second-order valence-corrected chi connectivity index (χ2v) is 7.75. The predicted octanol–water partition coefficient (Wildman–Crippen LogP) is 4.40. The van der Waals surface area contributed by atoms with Gasteiger partial charge in [0.25, 0.3) is 5.91 Å². The Kier molecular flexibility index (Phi) is 5.18. The number of pyridine rings is 1. The zero-order chi connectivity index (χ0) is 19.7. The van der Waals surface area contributed by atoms with Crippen LogP contribution < -0.4 is 5.32 Å². The summed E-state index contributed by atoms with van der Waals surface area (Å²) in [6.07, 6.45) is 5.57. The number of aryl methyl sites for hydroxylation is 2. The summed E-state index contributed by atoms with van der Waals surface area (Å²) in [7, 11) is 0. The monoisotopic (exact) mass is 377 g/mol. The molecular formula is C23H27N3O2. The molecule has 0 bridgehead atoms. The Morgan fingerprint density at radius 1 is 1.18 bits per heavy atom. The van der Waals surface area contributed by atoms with E-state index in [0.29, 0.717) is 11.8 Å². The molecule has 1 atom stereocenters. The maximum Gasteiger partial charge on any atom is 0.287 e. The maximum atomic E-state index is 12.8. The minimum Gasteiger partial charge on any atom is -0.450 e. The number of carbonyl (C=O) groups excluding carboxylic acids is 1. The number of likely N-dealkylation sites (tertiary alicyclic amines) is 1. The third kappa shape index (κ3) is 3.54. The number of furan rings is 1. The molecule has 0 saturated carbocycles. The van der Waals surface area contributed by atoms with E-state index >= 15 is 0 Å². The number of hydrogen-bond acceptors (Lipinski definition) is 4. The van der Waals surface area contributed by atoms with Gasteiger partial charge in [-0.3, -0.25) is 14.7 Å². The van der Waals surface area contributed by atoms with E-state index < -0.39 is 0 Å². The molecule has 1 fully saturated rings. The zero-order valence-corrected chi connectivity index (χ0v) is 16.7. The van der Waals surface area contributed by atoms with E-state index in [9.17, 15) is 4.79 Å². The van der Waals surface area contributed by atoms with Crippen LogP contribution in [0.15, 0.2) is 47.1 Å². The molecule has 3 heterocycles. The number of aromatic nitrogens is 1. The second kappa shape index (κ2) is 7.76. The van der Waals surface area contributed by atoms with Crippen molar-refractivity contribution in [1.29, 1.82) is 0 Å². The van der Waals surface area contributed by atoms with Gasteiger partial charge >= 0.3 is 0 Å². The zero-order valence-electron chi connectivity index (χ0n) is 16.7. The van der Waals surface area contributed by atoms with Crippen LogP contribution in [0.5, 0.6) is 0 Å². The molecule has 1 saturated heterocycles. The Morgan fingerprint density at radius 2 is 1.89 bits per heavy atom. The molecule has 146 valence electrons. The van der Waals surface area contributed by atoms with Crippen LogP contribution in [0.3, 0.4) is 0 Å². The Bertz CT molecular complexity index is 972. The molecule has 2 aromatic heterocycles. The predicted molar refractivity (Wildman–Crippen MR) is 110 cm³/mol. The Hall–Kier alpha value is -2.66. The number of piperidine rings is 1. The minimum absolute atomic E-state index is 0.103. The highest BCUT2D eigenvalue weighted by Crippen LogP contribution is 2.28. The maximum absolute atomic E-state index is 12.8. The highest BCUT2D eigenvalue weighted by atomic mass is 16.3. The molecule has 28 heavy (non-hydrogen) atoms. The van der Waals surface area contributed by atoms with E-state index in [0.717, 1.165) is 48.0 Å². The van der Waals surface area contributed by atoms with Gasteiger partial charge in [0.05, 0.1) is 0 Å². The Morgan fingerprint density at radius 3 is 2.57 bits per heavy atom. The molecule has 1 unspecified atom stereocenters. The first-order chi connectivity index (χ1) is 13.5. The lowest BCUT2D eigenvalue weighted by atomic mass is 10.0. The van der Waals surface area contributed by atoms with Gasteiger partial charge in [0.2, 0.25) is 0 Å². The van der Waals surface area contributed by atoms with Crippen molar-refractivity contribution in [2.24, 2.45) is 0 Å². The van der Waals surface area contributed by atoms with E-state index in [1.807, 2.05) is 44.4 Å². The van der Waals surface area contributed by atoms with Crippen LogP contribution in [0, 0.1) is 13.8 Å². The molecule has 4 rings (SSSR count). The van der Waals surface area contributed by atoms with Gasteiger partial charge in [-0.2, -0.15) is 0 Å². The van der Waals surface area contributed by atoms with E-state index in [1.165, 1.54) is 5.56 Å². The highest BCUT2D eigenvalue weighted by Gasteiger charge is 2.26. The molecule has 1 amide bonds. The van der Waals surface area contributed by atoms with Gasteiger partial charge in [-0.15, -0.1) is 0 Å². The van der Waals surface area contributed by atoms with E-state index in [2.05, 4.69) is 34.3 Å².